The van der Waals surface area contributed by atoms with Crippen molar-refractivity contribution in [2.75, 3.05) is 18.0 Å². The maximum atomic E-state index is 14.1. The minimum absolute atomic E-state index is 0.0603. The van der Waals surface area contributed by atoms with Gasteiger partial charge in [-0.3, -0.25) is 14.2 Å². The first-order valence-corrected chi connectivity index (χ1v) is 14.3. The molecule has 9 nitrogen and oxygen atoms in total. The summed E-state index contributed by atoms with van der Waals surface area (Å²) in [5.41, 5.74) is -0.215. The van der Waals surface area contributed by atoms with Crippen LogP contribution in [0.25, 0.3) is 0 Å². The number of amides is 1. The number of carboxylic acids is 1. The minimum Gasteiger partial charge on any atom is -0.481 e. The van der Waals surface area contributed by atoms with Gasteiger partial charge in [0.2, 0.25) is 5.95 Å². The first kappa shape index (κ1) is 26.2. The molecule has 1 saturated heterocycles. The van der Waals surface area contributed by atoms with Crippen molar-refractivity contribution in [3.05, 3.63) is 68.7 Å². The fourth-order valence-corrected chi connectivity index (χ4v) is 7.36. The first-order valence-electron chi connectivity index (χ1n) is 11.3. The Morgan fingerprint density at radius 3 is 2.43 bits per heavy atom. The number of sulfonamides is 1. The Morgan fingerprint density at radius 2 is 1.84 bits per heavy atom. The summed E-state index contributed by atoms with van der Waals surface area (Å²) in [6, 6.07) is 12.0. The Balaban J connectivity index is 1.66. The number of imidazole rings is 1. The van der Waals surface area contributed by atoms with Crippen molar-refractivity contribution < 1.29 is 23.1 Å². The van der Waals surface area contributed by atoms with E-state index in [1.807, 2.05) is 24.3 Å². The Kier molecular flexibility index (Phi) is 6.64. The van der Waals surface area contributed by atoms with Crippen LogP contribution in [0.2, 0.25) is 10.0 Å². The summed E-state index contributed by atoms with van der Waals surface area (Å²) in [5, 5.41) is 9.80. The molecule has 194 valence electrons. The highest BCUT2D eigenvalue weighted by molar-refractivity contribution is 9.10. The third-order valence-corrected chi connectivity index (χ3v) is 9.53. The lowest BCUT2D eigenvalue weighted by molar-refractivity contribution is -0.141. The zero-order chi connectivity index (χ0) is 26.7. The maximum Gasteiger partial charge on any atom is 0.307 e. The number of rotatable bonds is 6. The smallest absolute Gasteiger partial charge is 0.307 e. The van der Waals surface area contributed by atoms with Gasteiger partial charge in [-0.1, -0.05) is 51.3 Å². The van der Waals surface area contributed by atoms with Crippen LogP contribution in [-0.2, 0) is 31.6 Å². The topological polar surface area (TPSA) is 113 Å². The molecular formula is C24H21BrCl2N4O5S. The number of carboxylic acid groups (broad SMARTS) is 1. The Labute approximate surface area is 231 Å². The largest absolute Gasteiger partial charge is 0.481 e. The zero-order valence-electron chi connectivity index (χ0n) is 19.4. The number of aliphatic carboxylic acids is 1. The molecule has 2 aromatic carbocycles. The van der Waals surface area contributed by atoms with Crippen LogP contribution in [-0.4, -0.2) is 52.3 Å². The number of aromatic nitrogens is 2. The van der Waals surface area contributed by atoms with Gasteiger partial charge in [0.1, 0.15) is 5.54 Å². The van der Waals surface area contributed by atoms with E-state index >= 15 is 0 Å². The average Bonchev–Trinajstić information content (AvgIpc) is 3.53. The number of halogens is 3. The van der Waals surface area contributed by atoms with Gasteiger partial charge in [0.25, 0.3) is 15.9 Å². The Bertz CT molecular complexity index is 1510. The van der Waals surface area contributed by atoms with Crippen LogP contribution in [0.15, 0.2) is 58.2 Å². The molecule has 0 spiro atoms. The van der Waals surface area contributed by atoms with E-state index in [9.17, 15) is 23.1 Å². The van der Waals surface area contributed by atoms with Crippen LogP contribution in [0.1, 0.15) is 18.9 Å². The van der Waals surface area contributed by atoms with Crippen molar-refractivity contribution in [3.63, 3.8) is 0 Å². The molecule has 1 amide bonds. The predicted octanol–water partition coefficient (Wildman–Crippen LogP) is 4.68. The summed E-state index contributed by atoms with van der Waals surface area (Å²) in [6.07, 6.45) is 1.59. The van der Waals surface area contributed by atoms with Gasteiger partial charge in [-0.05, 0) is 49.2 Å². The summed E-state index contributed by atoms with van der Waals surface area (Å²) < 4.78 is 30.9. The zero-order valence-corrected chi connectivity index (χ0v) is 23.4. The quantitative estimate of drug-likeness (QED) is 0.425. The minimum atomic E-state index is -4.17. The summed E-state index contributed by atoms with van der Waals surface area (Å²) in [6.45, 7) is 1.58. The van der Waals surface area contributed by atoms with Gasteiger partial charge in [-0.2, -0.15) is 4.31 Å². The molecule has 13 heteroatoms. The molecule has 1 unspecified atom stereocenters. The molecule has 2 aliphatic rings. The molecule has 2 aliphatic heterocycles. The third kappa shape index (κ3) is 4.46. The van der Waals surface area contributed by atoms with Gasteiger partial charge in [0.05, 0.1) is 17.8 Å². The number of hydrogen-bond acceptors (Lipinski definition) is 5. The standard InChI is InChI=1S/C24H21BrCl2N4O5S/c1-24(11-14-2-4-16(25)5-3-14)22(34)30(19-9-17(26)8-18(27)10-19)23-28-12-20(31(23)24)37(35,36)29-7-6-15(13-29)21(32)33/h2-5,8-10,12,15H,6-7,11,13H2,1H3,(H,32,33)/t15?,24-/m1/s1. The van der Waals surface area contributed by atoms with E-state index in [-0.39, 0.29) is 36.9 Å². The second-order valence-electron chi connectivity index (χ2n) is 9.26. The molecule has 1 N–H and O–H groups in total. The lowest BCUT2D eigenvalue weighted by Crippen LogP contribution is -2.43. The van der Waals surface area contributed by atoms with Gasteiger partial charge in [0, 0.05) is 34.0 Å². The van der Waals surface area contributed by atoms with Crippen LogP contribution in [0.3, 0.4) is 0 Å². The van der Waals surface area contributed by atoms with Crippen molar-refractivity contribution in [2.45, 2.75) is 30.3 Å². The van der Waals surface area contributed by atoms with Crippen molar-refractivity contribution >= 4 is 72.7 Å². The molecule has 3 heterocycles. The second-order valence-corrected chi connectivity index (χ2v) is 12.9. The van der Waals surface area contributed by atoms with Gasteiger partial charge in [0.15, 0.2) is 5.03 Å². The number of carbonyl (C=O) groups is 2. The van der Waals surface area contributed by atoms with Crippen LogP contribution in [0.5, 0.6) is 0 Å². The predicted molar refractivity (Wildman–Crippen MR) is 142 cm³/mol. The highest BCUT2D eigenvalue weighted by atomic mass is 79.9. The summed E-state index contributed by atoms with van der Waals surface area (Å²) in [4.78, 5) is 31.2. The molecule has 37 heavy (non-hydrogen) atoms. The van der Waals surface area contributed by atoms with Gasteiger partial charge >= 0.3 is 5.97 Å². The van der Waals surface area contributed by atoms with Crippen molar-refractivity contribution in [1.82, 2.24) is 13.9 Å². The average molecular weight is 628 g/mol. The summed E-state index contributed by atoms with van der Waals surface area (Å²) >= 11 is 15.8. The molecule has 0 aliphatic carbocycles. The van der Waals surface area contributed by atoms with Crippen LogP contribution in [0, 0.1) is 5.92 Å². The van der Waals surface area contributed by atoms with Crippen molar-refractivity contribution in [3.8, 4) is 0 Å². The van der Waals surface area contributed by atoms with E-state index in [0.717, 1.165) is 14.3 Å². The van der Waals surface area contributed by atoms with E-state index in [0.29, 0.717) is 15.7 Å². The lowest BCUT2D eigenvalue weighted by atomic mass is 9.92. The maximum absolute atomic E-state index is 14.1. The van der Waals surface area contributed by atoms with E-state index in [2.05, 4.69) is 20.9 Å². The second kappa shape index (κ2) is 9.39. The third-order valence-electron chi connectivity index (χ3n) is 6.74. The van der Waals surface area contributed by atoms with Crippen molar-refractivity contribution in [2.24, 2.45) is 5.92 Å². The van der Waals surface area contributed by atoms with Crippen LogP contribution < -0.4 is 4.90 Å². The number of benzene rings is 2. The molecule has 5 rings (SSSR count). The van der Waals surface area contributed by atoms with E-state index < -0.39 is 33.4 Å². The lowest BCUT2D eigenvalue weighted by Gasteiger charge is -2.27. The van der Waals surface area contributed by atoms with E-state index in [1.54, 1.807) is 19.1 Å². The van der Waals surface area contributed by atoms with E-state index in [1.165, 1.54) is 21.7 Å². The number of anilines is 2. The number of nitrogens with zero attached hydrogens (tertiary/aromatic N) is 4. The van der Waals surface area contributed by atoms with Gasteiger partial charge < -0.3 is 5.11 Å². The number of fused-ring (bicyclic) bond motifs is 1. The molecule has 0 bridgehead atoms. The summed E-state index contributed by atoms with van der Waals surface area (Å²) in [5.74, 6) is -2.14. The Hall–Kier alpha value is -2.44. The fourth-order valence-electron chi connectivity index (χ4n) is 4.89. The highest BCUT2D eigenvalue weighted by Gasteiger charge is 2.52. The normalized spacial score (nSPS) is 22.0. The van der Waals surface area contributed by atoms with Crippen LogP contribution >= 0.6 is 39.1 Å². The monoisotopic (exact) mass is 626 g/mol. The summed E-state index contributed by atoms with van der Waals surface area (Å²) in [7, 11) is -4.17. The molecule has 1 fully saturated rings. The first-order chi connectivity index (χ1) is 17.4. The number of hydrogen-bond donors (Lipinski definition) is 1. The molecule has 0 saturated carbocycles. The van der Waals surface area contributed by atoms with Crippen molar-refractivity contribution in [1.29, 1.82) is 0 Å². The van der Waals surface area contributed by atoms with Crippen LogP contribution in [0.4, 0.5) is 11.6 Å². The van der Waals surface area contributed by atoms with E-state index in [4.69, 9.17) is 23.2 Å². The molecule has 1 aromatic heterocycles. The SMILES string of the molecule is C[C@@]1(Cc2ccc(Br)cc2)C(=O)N(c2cc(Cl)cc(Cl)c2)c2ncc(S(=O)(=O)N3CCC(C(=O)O)C3)n21. The number of carbonyl (C=O) groups excluding carboxylic acids is 1. The Morgan fingerprint density at radius 1 is 1.19 bits per heavy atom. The molecule has 3 aromatic rings. The van der Waals surface area contributed by atoms with Gasteiger partial charge in [-0.25, -0.2) is 18.3 Å². The van der Waals surface area contributed by atoms with Gasteiger partial charge in [-0.15, -0.1) is 0 Å². The highest BCUT2D eigenvalue weighted by Crippen LogP contribution is 2.45. The fraction of sp³-hybridized carbons (Fsp3) is 0.292. The molecular weight excluding hydrogens is 607 g/mol. The molecule has 2 atom stereocenters. The molecule has 0 radical (unpaired) electrons.